The maximum absolute atomic E-state index is 5.35. The number of nitrogens with one attached hydrogen (secondary N) is 1. The summed E-state index contributed by atoms with van der Waals surface area (Å²) in [5, 5.41) is 3.51. The molecule has 0 amide bonds. The van der Waals surface area contributed by atoms with Crippen molar-refractivity contribution in [3.63, 3.8) is 0 Å². The SMILES string of the molecule is C/C=C/CCNC(C)Cc1ccccc1OC. The summed E-state index contributed by atoms with van der Waals surface area (Å²) in [5.41, 5.74) is 1.26. The summed E-state index contributed by atoms with van der Waals surface area (Å²) in [6.07, 6.45) is 6.36. The summed E-state index contributed by atoms with van der Waals surface area (Å²) < 4.78 is 5.35. The molecule has 0 saturated carbocycles. The van der Waals surface area contributed by atoms with Gasteiger partial charge in [0.05, 0.1) is 7.11 Å². The lowest BCUT2D eigenvalue weighted by Crippen LogP contribution is -2.28. The maximum Gasteiger partial charge on any atom is 0.122 e. The normalized spacial score (nSPS) is 12.9. The second-order valence-corrected chi connectivity index (χ2v) is 4.23. The van der Waals surface area contributed by atoms with Crippen LogP contribution < -0.4 is 10.1 Å². The molecule has 2 nitrogen and oxygen atoms in total. The molecule has 1 aromatic carbocycles. The van der Waals surface area contributed by atoms with Crippen LogP contribution in [-0.4, -0.2) is 19.7 Å². The van der Waals surface area contributed by atoms with Gasteiger partial charge in [0.25, 0.3) is 0 Å². The molecule has 2 heteroatoms. The molecule has 1 rings (SSSR count). The van der Waals surface area contributed by atoms with Crippen molar-refractivity contribution >= 4 is 0 Å². The topological polar surface area (TPSA) is 21.3 Å². The first-order valence-electron chi connectivity index (χ1n) is 6.24. The Hall–Kier alpha value is -1.28. The molecular formula is C15H23NO. The highest BCUT2D eigenvalue weighted by Crippen LogP contribution is 2.18. The predicted molar refractivity (Wildman–Crippen MR) is 73.6 cm³/mol. The largest absolute Gasteiger partial charge is 0.496 e. The molecule has 0 aliphatic carbocycles. The minimum atomic E-state index is 0.469. The number of benzene rings is 1. The third-order valence-electron chi connectivity index (χ3n) is 2.76. The van der Waals surface area contributed by atoms with E-state index in [1.165, 1.54) is 5.56 Å². The van der Waals surface area contributed by atoms with Gasteiger partial charge in [0, 0.05) is 6.04 Å². The van der Waals surface area contributed by atoms with E-state index in [-0.39, 0.29) is 0 Å². The fourth-order valence-corrected chi connectivity index (χ4v) is 1.85. The van der Waals surface area contributed by atoms with Crippen LogP contribution in [0.25, 0.3) is 0 Å². The van der Waals surface area contributed by atoms with Crippen molar-refractivity contribution in [2.24, 2.45) is 0 Å². The van der Waals surface area contributed by atoms with Gasteiger partial charge in [-0.3, -0.25) is 0 Å². The fourth-order valence-electron chi connectivity index (χ4n) is 1.85. The van der Waals surface area contributed by atoms with Crippen LogP contribution >= 0.6 is 0 Å². The molecule has 17 heavy (non-hydrogen) atoms. The minimum Gasteiger partial charge on any atom is -0.496 e. The molecule has 0 aliphatic rings. The molecule has 94 valence electrons. The average molecular weight is 233 g/mol. The standard InChI is InChI=1S/C15H23NO/c1-4-5-8-11-16-13(2)12-14-9-6-7-10-15(14)17-3/h4-7,9-10,13,16H,8,11-12H2,1-3H3/b5-4+. The van der Waals surface area contributed by atoms with E-state index in [1.807, 2.05) is 12.1 Å². The first-order valence-corrected chi connectivity index (χ1v) is 6.24. The highest BCUT2D eigenvalue weighted by Gasteiger charge is 2.06. The predicted octanol–water partition coefficient (Wildman–Crippen LogP) is 3.18. The Bertz CT molecular complexity index is 347. The van der Waals surface area contributed by atoms with Gasteiger partial charge in [-0.15, -0.1) is 0 Å². The molecule has 0 fully saturated rings. The van der Waals surface area contributed by atoms with Gasteiger partial charge < -0.3 is 10.1 Å². The molecule has 1 N–H and O–H groups in total. The smallest absolute Gasteiger partial charge is 0.122 e. The lowest BCUT2D eigenvalue weighted by molar-refractivity contribution is 0.406. The summed E-state index contributed by atoms with van der Waals surface area (Å²) in [6, 6.07) is 8.68. The van der Waals surface area contributed by atoms with Crippen molar-refractivity contribution in [3.05, 3.63) is 42.0 Å². The van der Waals surface area contributed by atoms with Gasteiger partial charge in [-0.2, -0.15) is 0 Å². The molecule has 0 aliphatic heterocycles. The van der Waals surface area contributed by atoms with Crippen LogP contribution in [0.5, 0.6) is 5.75 Å². The monoisotopic (exact) mass is 233 g/mol. The van der Waals surface area contributed by atoms with Crippen LogP contribution in [0.4, 0.5) is 0 Å². The zero-order chi connectivity index (χ0) is 12.5. The third-order valence-corrected chi connectivity index (χ3v) is 2.76. The zero-order valence-electron chi connectivity index (χ0n) is 11.1. The Labute approximate surface area is 105 Å². The lowest BCUT2D eigenvalue weighted by atomic mass is 10.1. The highest BCUT2D eigenvalue weighted by atomic mass is 16.5. The second-order valence-electron chi connectivity index (χ2n) is 4.23. The summed E-state index contributed by atoms with van der Waals surface area (Å²) >= 11 is 0. The number of rotatable bonds is 7. The van der Waals surface area contributed by atoms with E-state index in [0.29, 0.717) is 6.04 Å². The molecular weight excluding hydrogens is 210 g/mol. The number of hydrogen-bond donors (Lipinski definition) is 1. The van der Waals surface area contributed by atoms with Gasteiger partial charge in [-0.25, -0.2) is 0 Å². The van der Waals surface area contributed by atoms with Crippen LogP contribution in [0.1, 0.15) is 25.8 Å². The molecule has 0 spiro atoms. The van der Waals surface area contributed by atoms with Crippen LogP contribution in [0.2, 0.25) is 0 Å². The number of hydrogen-bond acceptors (Lipinski definition) is 2. The van der Waals surface area contributed by atoms with Gasteiger partial charge in [-0.1, -0.05) is 30.4 Å². The minimum absolute atomic E-state index is 0.469. The Kier molecular flexibility index (Phi) is 6.41. The van der Waals surface area contributed by atoms with Crippen molar-refractivity contribution in [1.29, 1.82) is 0 Å². The molecule has 0 saturated heterocycles. The summed E-state index contributed by atoms with van der Waals surface area (Å²) in [5.74, 6) is 0.981. The number of methoxy groups -OCH3 is 1. The first kappa shape index (κ1) is 13.8. The number of allylic oxidation sites excluding steroid dienone is 1. The maximum atomic E-state index is 5.35. The second kappa shape index (κ2) is 7.91. The Morgan fingerprint density at radius 2 is 2.12 bits per heavy atom. The van der Waals surface area contributed by atoms with E-state index in [1.54, 1.807) is 7.11 Å². The van der Waals surface area contributed by atoms with Gasteiger partial charge in [0.2, 0.25) is 0 Å². The van der Waals surface area contributed by atoms with Gasteiger partial charge >= 0.3 is 0 Å². The molecule has 0 heterocycles. The van der Waals surface area contributed by atoms with Crippen LogP contribution in [-0.2, 0) is 6.42 Å². The van der Waals surface area contributed by atoms with Crippen molar-refractivity contribution in [1.82, 2.24) is 5.32 Å². The van der Waals surface area contributed by atoms with Crippen molar-refractivity contribution in [2.75, 3.05) is 13.7 Å². The Morgan fingerprint density at radius 3 is 2.82 bits per heavy atom. The summed E-state index contributed by atoms with van der Waals surface area (Å²) in [4.78, 5) is 0. The van der Waals surface area contributed by atoms with E-state index in [4.69, 9.17) is 4.74 Å². The Balaban J connectivity index is 2.41. The average Bonchev–Trinajstić information content (AvgIpc) is 2.35. The van der Waals surface area contributed by atoms with Crippen LogP contribution in [0, 0.1) is 0 Å². The van der Waals surface area contributed by atoms with Crippen molar-refractivity contribution in [3.8, 4) is 5.75 Å². The molecule has 0 aromatic heterocycles. The summed E-state index contributed by atoms with van der Waals surface area (Å²) in [6.45, 7) is 5.29. The van der Waals surface area contributed by atoms with E-state index in [2.05, 4.69) is 43.4 Å². The number of ether oxygens (including phenoxy) is 1. The fraction of sp³-hybridized carbons (Fsp3) is 0.467. The lowest BCUT2D eigenvalue weighted by Gasteiger charge is -2.15. The van der Waals surface area contributed by atoms with E-state index in [0.717, 1.165) is 25.1 Å². The Morgan fingerprint density at radius 1 is 1.35 bits per heavy atom. The van der Waals surface area contributed by atoms with Crippen LogP contribution in [0.15, 0.2) is 36.4 Å². The highest BCUT2D eigenvalue weighted by molar-refractivity contribution is 5.33. The number of para-hydroxylation sites is 1. The van der Waals surface area contributed by atoms with E-state index < -0.39 is 0 Å². The van der Waals surface area contributed by atoms with Crippen LogP contribution in [0.3, 0.4) is 0 Å². The molecule has 1 aromatic rings. The van der Waals surface area contributed by atoms with Crippen molar-refractivity contribution < 1.29 is 4.74 Å². The van der Waals surface area contributed by atoms with Gasteiger partial charge in [0.1, 0.15) is 5.75 Å². The van der Waals surface area contributed by atoms with Gasteiger partial charge in [0.15, 0.2) is 0 Å². The van der Waals surface area contributed by atoms with Crippen molar-refractivity contribution in [2.45, 2.75) is 32.7 Å². The molecule has 1 unspecified atom stereocenters. The molecule has 0 radical (unpaired) electrons. The quantitative estimate of drug-likeness (QED) is 0.577. The molecule has 1 atom stereocenters. The van der Waals surface area contributed by atoms with E-state index >= 15 is 0 Å². The zero-order valence-corrected chi connectivity index (χ0v) is 11.1. The summed E-state index contributed by atoms with van der Waals surface area (Å²) in [7, 11) is 1.73. The third kappa shape index (κ3) is 5.05. The first-order chi connectivity index (χ1) is 8.27. The van der Waals surface area contributed by atoms with E-state index in [9.17, 15) is 0 Å². The van der Waals surface area contributed by atoms with Gasteiger partial charge in [-0.05, 0) is 44.9 Å². The molecule has 0 bridgehead atoms.